The summed E-state index contributed by atoms with van der Waals surface area (Å²) < 4.78 is 44.3. The van der Waals surface area contributed by atoms with Crippen LogP contribution in [0, 0.1) is 0 Å². The number of carboxylic acid groups (broad SMARTS) is 1. The summed E-state index contributed by atoms with van der Waals surface area (Å²) in [7, 11) is 0. The van der Waals surface area contributed by atoms with Crippen LogP contribution >= 0.6 is 0 Å². The van der Waals surface area contributed by atoms with Gasteiger partial charge in [0.15, 0.2) is 5.69 Å². The minimum absolute atomic E-state index is 0.0320. The highest BCUT2D eigenvalue weighted by atomic mass is 19.4. The number of halogens is 3. The van der Waals surface area contributed by atoms with Crippen LogP contribution in [0.4, 0.5) is 19.0 Å². The number of nitrogens with zero attached hydrogens (tertiary/aromatic N) is 4. The van der Waals surface area contributed by atoms with Crippen molar-refractivity contribution in [1.29, 1.82) is 0 Å². The first-order valence-corrected chi connectivity index (χ1v) is 9.74. The Bertz CT molecular complexity index is 1230. The number of rotatable bonds is 5. The molecule has 4 rings (SSSR count). The highest BCUT2D eigenvalue weighted by Gasteiger charge is 2.39. The normalized spacial score (nSPS) is 11.0. The summed E-state index contributed by atoms with van der Waals surface area (Å²) in [5.41, 5.74) is 3.91. The average molecular weight is 459 g/mol. The predicted molar refractivity (Wildman–Crippen MR) is 115 cm³/mol. The summed E-state index contributed by atoms with van der Waals surface area (Å²) in [5, 5.41) is 14.3. The van der Waals surface area contributed by atoms with Crippen LogP contribution in [0.25, 0.3) is 10.8 Å². The van der Waals surface area contributed by atoms with E-state index >= 15 is 0 Å². The molecule has 33 heavy (non-hydrogen) atoms. The summed E-state index contributed by atoms with van der Waals surface area (Å²) in [6.07, 6.45) is -0.824. The Morgan fingerprint density at radius 2 is 1.91 bits per heavy atom. The number of alkyl halides is 3. The zero-order valence-corrected chi connectivity index (χ0v) is 17.5. The van der Waals surface area contributed by atoms with Gasteiger partial charge in [0.1, 0.15) is 11.4 Å². The van der Waals surface area contributed by atoms with Crippen LogP contribution in [0.15, 0.2) is 61.1 Å². The number of nitrogen functional groups attached to an aromatic ring is 1. The summed E-state index contributed by atoms with van der Waals surface area (Å²) in [5.74, 6) is -0.680. The maximum Gasteiger partial charge on any atom is 0.436 e. The molecule has 0 aliphatic rings. The lowest BCUT2D eigenvalue weighted by atomic mass is 10.2. The fourth-order valence-electron chi connectivity index (χ4n) is 2.94. The van der Waals surface area contributed by atoms with Crippen LogP contribution in [0.3, 0.4) is 0 Å². The smallest absolute Gasteiger partial charge is 0.436 e. The second kappa shape index (κ2) is 9.98. The van der Waals surface area contributed by atoms with Gasteiger partial charge >= 0.3 is 12.1 Å². The van der Waals surface area contributed by atoms with E-state index in [2.05, 4.69) is 15.1 Å². The number of nitrogens with two attached hydrogens (primary N) is 1. The van der Waals surface area contributed by atoms with Crippen LogP contribution < -0.4 is 10.5 Å². The van der Waals surface area contributed by atoms with Crippen molar-refractivity contribution in [2.75, 3.05) is 12.3 Å². The van der Waals surface area contributed by atoms with Gasteiger partial charge in [0.05, 0.1) is 13.2 Å². The maximum atomic E-state index is 12.7. The summed E-state index contributed by atoms with van der Waals surface area (Å²) in [6, 6.07) is 13.1. The highest BCUT2D eigenvalue weighted by Crippen LogP contribution is 2.30. The number of carboxylic acids is 1. The molecule has 3 N–H and O–H groups in total. The molecule has 0 saturated heterocycles. The van der Waals surface area contributed by atoms with E-state index in [0.717, 1.165) is 21.7 Å². The molecule has 8 nitrogen and oxygen atoms in total. The second-order valence-electron chi connectivity index (χ2n) is 6.75. The van der Waals surface area contributed by atoms with Crippen LogP contribution in [-0.4, -0.2) is 37.4 Å². The van der Waals surface area contributed by atoms with Crippen LogP contribution in [0.1, 0.15) is 28.5 Å². The van der Waals surface area contributed by atoms with Gasteiger partial charge in [-0.05, 0) is 23.9 Å². The van der Waals surface area contributed by atoms with E-state index in [1.807, 2.05) is 30.3 Å². The molecular formula is C22H20F3N5O3. The van der Waals surface area contributed by atoms with Gasteiger partial charge in [0.25, 0.3) is 0 Å². The molecule has 0 fully saturated rings. The first kappa shape index (κ1) is 23.5. The number of aromatic nitrogens is 4. The monoisotopic (exact) mass is 459 g/mol. The molecule has 0 amide bonds. The topological polar surface area (TPSA) is 116 Å². The Morgan fingerprint density at radius 3 is 2.48 bits per heavy atom. The number of hydrogen-bond acceptors (Lipinski definition) is 6. The minimum atomic E-state index is -4.82. The first-order valence-electron chi connectivity index (χ1n) is 9.74. The van der Waals surface area contributed by atoms with Crippen molar-refractivity contribution in [2.24, 2.45) is 0 Å². The molecular weight excluding hydrogens is 439 g/mol. The van der Waals surface area contributed by atoms with Crippen molar-refractivity contribution in [1.82, 2.24) is 19.7 Å². The lowest BCUT2D eigenvalue weighted by Crippen LogP contribution is -2.12. The number of carbonyl (C=O) groups is 1. The number of fused-ring (bicyclic) bond motifs is 1. The van der Waals surface area contributed by atoms with Gasteiger partial charge in [-0.25, -0.2) is 14.8 Å². The van der Waals surface area contributed by atoms with Gasteiger partial charge in [0.2, 0.25) is 5.88 Å². The Labute approximate surface area is 186 Å². The quantitative estimate of drug-likeness (QED) is 0.458. The van der Waals surface area contributed by atoms with Gasteiger partial charge in [-0.2, -0.15) is 18.3 Å². The van der Waals surface area contributed by atoms with Crippen molar-refractivity contribution < 1.29 is 27.8 Å². The number of ether oxygens (including phenoxy) is 1. The zero-order valence-electron chi connectivity index (χ0n) is 17.5. The van der Waals surface area contributed by atoms with Crippen molar-refractivity contribution in [3.05, 3.63) is 77.9 Å². The third-order valence-electron chi connectivity index (χ3n) is 4.40. The van der Waals surface area contributed by atoms with Crippen LogP contribution in [0.2, 0.25) is 0 Å². The van der Waals surface area contributed by atoms with Crippen molar-refractivity contribution in [2.45, 2.75) is 19.6 Å². The lowest BCUT2D eigenvalue weighted by molar-refractivity contribution is -0.142. The van der Waals surface area contributed by atoms with E-state index in [1.54, 1.807) is 25.3 Å². The minimum Gasteiger partial charge on any atom is -0.478 e. The molecule has 0 aliphatic carbocycles. The molecule has 0 aliphatic heterocycles. The summed E-state index contributed by atoms with van der Waals surface area (Å²) in [4.78, 5) is 18.8. The number of benzene rings is 1. The van der Waals surface area contributed by atoms with E-state index in [1.165, 1.54) is 6.20 Å². The molecule has 4 aromatic rings. The molecule has 3 heterocycles. The fraction of sp³-hybridized carbons (Fsp3) is 0.182. The third kappa shape index (κ3) is 5.97. The van der Waals surface area contributed by atoms with Gasteiger partial charge < -0.3 is 15.6 Å². The first-order chi connectivity index (χ1) is 15.7. The van der Waals surface area contributed by atoms with E-state index in [-0.39, 0.29) is 6.54 Å². The van der Waals surface area contributed by atoms with E-state index < -0.39 is 23.4 Å². The Balaban J connectivity index is 0.000000231. The van der Waals surface area contributed by atoms with Crippen LogP contribution in [-0.2, 0) is 12.7 Å². The van der Waals surface area contributed by atoms with Gasteiger partial charge in [-0.1, -0.05) is 30.3 Å². The number of hydrogen-bond donors (Lipinski definition) is 2. The molecule has 172 valence electrons. The number of aromatic carboxylic acids is 1. The van der Waals surface area contributed by atoms with Gasteiger partial charge in [-0.15, -0.1) is 0 Å². The Morgan fingerprint density at radius 1 is 1.15 bits per heavy atom. The lowest BCUT2D eigenvalue weighted by Gasteiger charge is -2.05. The SMILES string of the molecule is CCOc1ccc(Cn2cc(C(=O)O)c(C(F)(F)F)n2)cn1.Nc1nccc2ccccc12. The van der Waals surface area contributed by atoms with Gasteiger partial charge in [0, 0.05) is 30.0 Å². The van der Waals surface area contributed by atoms with E-state index in [9.17, 15) is 18.0 Å². The average Bonchev–Trinajstić information content (AvgIpc) is 3.21. The largest absolute Gasteiger partial charge is 0.478 e. The standard InChI is InChI=1S/C13H12F3N3O3.C9H8N2/c1-2-22-10-4-3-8(5-17-10)6-19-7-9(12(20)21)11(18-19)13(14,15)16;10-9-8-4-2-1-3-7(8)5-6-11-9/h3-5,7H,2,6H2,1H3,(H,20,21);1-6H,(H2,10,11). The Hall–Kier alpha value is -4.15. The van der Waals surface area contributed by atoms with Crippen molar-refractivity contribution in [3.8, 4) is 5.88 Å². The summed E-state index contributed by atoms with van der Waals surface area (Å²) >= 11 is 0. The van der Waals surface area contributed by atoms with Crippen molar-refractivity contribution in [3.63, 3.8) is 0 Å². The molecule has 0 spiro atoms. The van der Waals surface area contributed by atoms with Crippen molar-refractivity contribution >= 4 is 22.6 Å². The molecule has 0 unspecified atom stereocenters. The molecule has 11 heteroatoms. The molecule has 0 radical (unpaired) electrons. The second-order valence-corrected chi connectivity index (χ2v) is 6.75. The zero-order chi connectivity index (χ0) is 24.0. The highest BCUT2D eigenvalue weighted by molar-refractivity contribution is 5.90. The summed E-state index contributed by atoms with van der Waals surface area (Å²) in [6.45, 7) is 2.21. The number of anilines is 1. The maximum absolute atomic E-state index is 12.7. The predicted octanol–water partition coefficient (Wildman–Crippen LogP) is 4.26. The van der Waals surface area contributed by atoms with Gasteiger partial charge in [-0.3, -0.25) is 4.68 Å². The Kier molecular flexibility index (Phi) is 7.11. The molecule has 0 bridgehead atoms. The van der Waals surface area contributed by atoms with Crippen LogP contribution in [0.5, 0.6) is 5.88 Å². The third-order valence-corrected chi connectivity index (χ3v) is 4.40. The molecule has 1 aromatic carbocycles. The molecule has 0 saturated carbocycles. The van der Waals surface area contributed by atoms with E-state index in [0.29, 0.717) is 23.9 Å². The van der Waals surface area contributed by atoms with E-state index in [4.69, 9.17) is 15.6 Å². The number of pyridine rings is 2. The molecule has 0 atom stereocenters. The fourth-order valence-corrected chi connectivity index (χ4v) is 2.94. The molecule has 3 aromatic heterocycles.